The van der Waals surface area contributed by atoms with Crippen LogP contribution in [0.4, 0.5) is 11.4 Å². The number of carbonyl (C=O) groups is 1. The standard InChI is InChI=1S/C22H27N3O4S/c1-18-2-4-19(5-3-18)11-17-30(27,28)23-12-10-22(26)24-20-6-8-21(9-7-20)25-13-15-29-16-14-25/h2-9,11,17,23H,10,12-16H2,1H3,(H,24,26). The smallest absolute Gasteiger partial charge is 0.233 e. The summed E-state index contributed by atoms with van der Waals surface area (Å²) in [6.45, 7) is 5.13. The second-order valence-electron chi connectivity index (χ2n) is 7.10. The number of carbonyl (C=O) groups excluding carboxylic acids is 1. The topological polar surface area (TPSA) is 87.7 Å². The Morgan fingerprint density at radius 2 is 1.73 bits per heavy atom. The number of sulfonamides is 1. The van der Waals surface area contributed by atoms with Crippen molar-refractivity contribution in [2.45, 2.75) is 13.3 Å². The molecule has 0 spiro atoms. The molecule has 0 saturated carbocycles. The van der Waals surface area contributed by atoms with E-state index >= 15 is 0 Å². The number of benzene rings is 2. The van der Waals surface area contributed by atoms with Gasteiger partial charge in [-0.15, -0.1) is 0 Å². The highest BCUT2D eigenvalue weighted by atomic mass is 32.2. The van der Waals surface area contributed by atoms with E-state index in [2.05, 4.69) is 14.9 Å². The fourth-order valence-electron chi connectivity index (χ4n) is 3.00. The Kier molecular flexibility index (Phi) is 7.62. The highest BCUT2D eigenvalue weighted by molar-refractivity contribution is 7.92. The molecule has 1 saturated heterocycles. The second-order valence-corrected chi connectivity index (χ2v) is 8.75. The third-order valence-corrected chi connectivity index (χ3v) is 5.80. The summed E-state index contributed by atoms with van der Waals surface area (Å²) in [6, 6.07) is 15.1. The number of nitrogens with one attached hydrogen (secondary N) is 2. The Hall–Kier alpha value is -2.68. The van der Waals surface area contributed by atoms with Crippen LogP contribution in [0.3, 0.4) is 0 Å². The number of rotatable bonds is 8. The van der Waals surface area contributed by atoms with Crippen molar-refractivity contribution in [2.75, 3.05) is 43.1 Å². The van der Waals surface area contributed by atoms with E-state index in [1.807, 2.05) is 55.5 Å². The number of morpholine rings is 1. The van der Waals surface area contributed by atoms with Crippen molar-refractivity contribution in [3.05, 3.63) is 65.1 Å². The van der Waals surface area contributed by atoms with Gasteiger partial charge in [0, 0.05) is 42.8 Å². The molecule has 0 bridgehead atoms. The van der Waals surface area contributed by atoms with Gasteiger partial charge in [-0.05, 0) is 42.8 Å². The molecular weight excluding hydrogens is 402 g/mol. The molecule has 0 aliphatic carbocycles. The van der Waals surface area contributed by atoms with Gasteiger partial charge in [-0.2, -0.15) is 0 Å². The highest BCUT2D eigenvalue weighted by Gasteiger charge is 2.11. The van der Waals surface area contributed by atoms with Gasteiger partial charge < -0.3 is 15.0 Å². The molecule has 2 aromatic rings. The number of anilines is 2. The fraction of sp³-hybridized carbons (Fsp3) is 0.318. The van der Waals surface area contributed by atoms with E-state index < -0.39 is 10.0 Å². The summed E-state index contributed by atoms with van der Waals surface area (Å²) in [4.78, 5) is 14.3. The molecule has 30 heavy (non-hydrogen) atoms. The van der Waals surface area contributed by atoms with Gasteiger partial charge in [0.05, 0.1) is 13.2 Å². The number of hydrogen-bond acceptors (Lipinski definition) is 5. The van der Waals surface area contributed by atoms with Crippen LogP contribution in [0.15, 0.2) is 53.9 Å². The van der Waals surface area contributed by atoms with Crippen molar-refractivity contribution < 1.29 is 17.9 Å². The van der Waals surface area contributed by atoms with E-state index in [9.17, 15) is 13.2 Å². The quantitative estimate of drug-likeness (QED) is 0.674. The average Bonchev–Trinajstić information content (AvgIpc) is 2.74. The van der Waals surface area contributed by atoms with Crippen LogP contribution >= 0.6 is 0 Å². The Bertz CT molecular complexity index is 964. The zero-order valence-electron chi connectivity index (χ0n) is 17.0. The summed E-state index contributed by atoms with van der Waals surface area (Å²) < 4.78 is 31.9. The molecule has 8 heteroatoms. The molecule has 2 N–H and O–H groups in total. The van der Waals surface area contributed by atoms with Gasteiger partial charge in [0.15, 0.2) is 0 Å². The van der Waals surface area contributed by atoms with Crippen molar-refractivity contribution in [2.24, 2.45) is 0 Å². The lowest BCUT2D eigenvalue weighted by molar-refractivity contribution is -0.116. The van der Waals surface area contributed by atoms with Crippen molar-refractivity contribution in [3.63, 3.8) is 0 Å². The van der Waals surface area contributed by atoms with Gasteiger partial charge in [0.2, 0.25) is 15.9 Å². The second kappa shape index (κ2) is 10.4. The Labute approximate surface area is 177 Å². The van der Waals surface area contributed by atoms with E-state index in [-0.39, 0.29) is 18.9 Å². The first-order valence-corrected chi connectivity index (χ1v) is 11.4. The van der Waals surface area contributed by atoms with E-state index in [0.29, 0.717) is 18.9 Å². The Morgan fingerprint density at radius 3 is 2.40 bits per heavy atom. The molecule has 0 aromatic heterocycles. The lowest BCUT2D eigenvalue weighted by Gasteiger charge is -2.28. The molecule has 3 rings (SSSR count). The molecule has 1 amide bonds. The average molecular weight is 430 g/mol. The van der Waals surface area contributed by atoms with Gasteiger partial charge in [-0.1, -0.05) is 29.8 Å². The molecule has 0 unspecified atom stereocenters. The van der Waals surface area contributed by atoms with Crippen molar-refractivity contribution >= 4 is 33.4 Å². The van der Waals surface area contributed by atoms with Crippen LogP contribution in [-0.2, 0) is 19.6 Å². The minimum atomic E-state index is -3.60. The lowest BCUT2D eigenvalue weighted by Crippen LogP contribution is -2.36. The van der Waals surface area contributed by atoms with Crippen molar-refractivity contribution in [1.82, 2.24) is 4.72 Å². The van der Waals surface area contributed by atoms with Crippen LogP contribution in [0.25, 0.3) is 6.08 Å². The van der Waals surface area contributed by atoms with Gasteiger partial charge in [0.25, 0.3) is 0 Å². The zero-order valence-corrected chi connectivity index (χ0v) is 17.8. The first-order valence-electron chi connectivity index (χ1n) is 9.88. The van der Waals surface area contributed by atoms with Crippen molar-refractivity contribution in [3.8, 4) is 0 Å². The van der Waals surface area contributed by atoms with Gasteiger partial charge in [0.1, 0.15) is 0 Å². The normalized spacial score (nSPS) is 14.8. The Balaban J connectivity index is 1.43. The van der Waals surface area contributed by atoms with Crippen LogP contribution < -0.4 is 14.9 Å². The maximum Gasteiger partial charge on any atom is 0.233 e. The Morgan fingerprint density at radius 1 is 1.07 bits per heavy atom. The molecular formula is C22H27N3O4S. The number of ether oxygens (including phenoxy) is 1. The van der Waals surface area contributed by atoms with Gasteiger partial charge >= 0.3 is 0 Å². The highest BCUT2D eigenvalue weighted by Crippen LogP contribution is 2.19. The number of aryl methyl sites for hydroxylation is 1. The number of hydrogen-bond donors (Lipinski definition) is 2. The maximum atomic E-state index is 12.1. The SMILES string of the molecule is Cc1ccc(C=CS(=O)(=O)NCCC(=O)Nc2ccc(N3CCOCC3)cc2)cc1. The molecule has 1 aliphatic heterocycles. The summed E-state index contributed by atoms with van der Waals surface area (Å²) in [5, 5.41) is 3.90. The lowest BCUT2D eigenvalue weighted by atomic mass is 10.2. The van der Waals surface area contributed by atoms with E-state index in [4.69, 9.17) is 4.74 Å². The first kappa shape index (κ1) is 22.0. The predicted octanol–water partition coefficient (Wildman–Crippen LogP) is 2.75. The summed E-state index contributed by atoms with van der Waals surface area (Å²) >= 11 is 0. The van der Waals surface area contributed by atoms with Crippen LogP contribution in [0.2, 0.25) is 0 Å². The molecule has 160 valence electrons. The van der Waals surface area contributed by atoms with Crippen LogP contribution in [0.5, 0.6) is 0 Å². The largest absolute Gasteiger partial charge is 0.378 e. The van der Waals surface area contributed by atoms with Crippen molar-refractivity contribution in [1.29, 1.82) is 0 Å². The third-order valence-electron chi connectivity index (χ3n) is 4.70. The summed E-state index contributed by atoms with van der Waals surface area (Å²) in [6.07, 6.45) is 1.57. The molecule has 1 aliphatic rings. The monoisotopic (exact) mass is 429 g/mol. The summed E-state index contributed by atoms with van der Waals surface area (Å²) in [5.74, 6) is -0.251. The zero-order chi connectivity index (χ0) is 21.4. The minimum absolute atomic E-state index is 0.0261. The fourth-order valence-corrected chi connectivity index (χ4v) is 3.82. The van der Waals surface area contributed by atoms with Gasteiger partial charge in [-0.25, -0.2) is 13.1 Å². The van der Waals surface area contributed by atoms with Crippen LogP contribution in [0.1, 0.15) is 17.5 Å². The minimum Gasteiger partial charge on any atom is -0.378 e. The maximum absolute atomic E-state index is 12.1. The molecule has 0 atom stereocenters. The molecule has 1 heterocycles. The summed E-state index contributed by atoms with van der Waals surface area (Å²) in [5.41, 5.74) is 3.67. The molecule has 1 fully saturated rings. The molecule has 0 radical (unpaired) electrons. The third kappa shape index (κ3) is 6.98. The van der Waals surface area contributed by atoms with Gasteiger partial charge in [-0.3, -0.25) is 4.79 Å². The molecule has 7 nitrogen and oxygen atoms in total. The van der Waals surface area contributed by atoms with E-state index in [0.717, 1.165) is 35.3 Å². The van der Waals surface area contributed by atoms with E-state index in [1.54, 1.807) is 0 Å². The summed E-state index contributed by atoms with van der Waals surface area (Å²) in [7, 11) is -3.60. The molecule has 2 aromatic carbocycles. The van der Waals surface area contributed by atoms with E-state index in [1.165, 1.54) is 6.08 Å². The van der Waals surface area contributed by atoms with Crippen LogP contribution in [-0.4, -0.2) is 47.2 Å². The van der Waals surface area contributed by atoms with Crippen LogP contribution in [0, 0.1) is 6.92 Å². The first-order chi connectivity index (χ1) is 14.4. The number of nitrogens with zero attached hydrogens (tertiary/aromatic N) is 1. The predicted molar refractivity (Wildman–Crippen MR) is 120 cm³/mol. The number of amides is 1.